The van der Waals surface area contributed by atoms with Gasteiger partial charge in [-0.05, 0) is 36.4 Å². The number of benzene rings is 2. The molecule has 2 amide bonds. The minimum absolute atomic E-state index is 0.0238. The first-order valence-electron chi connectivity index (χ1n) is 14.1. The number of nitrogens with one attached hydrogen (secondary N) is 1. The number of rotatable bonds is 5. The molecule has 2 aromatic carbocycles. The Morgan fingerprint density at radius 1 is 1.07 bits per heavy atom. The maximum Gasteiger partial charge on any atom is 0.290 e. The lowest BCUT2D eigenvalue weighted by atomic mass is 10.0. The Morgan fingerprint density at radius 2 is 1.84 bits per heavy atom. The van der Waals surface area contributed by atoms with E-state index in [0.29, 0.717) is 71.0 Å². The molecule has 2 aliphatic heterocycles. The van der Waals surface area contributed by atoms with Gasteiger partial charge in [-0.1, -0.05) is 6.07 Å². The van der Waals surface area contributed by atoms with E-state index in [2.05, 4.69) is 5.32 Å². The van der Waals surface area contributed by atoms with Gasteiger partial charge in [-0.15, -0.1) is 0 Å². The fourth-order valence-electron chi connectivity index (χ4n) is 5.80. The number of carbonyl (C=O) groups excluding carboxylic acids is 2. The summed E-state index contributed by atoms with van der Waals surface area (Å²) in [5.74, 6) is -1.08. The summed E-state index contributed by atoms with van der Waals surface area (Å²) >= 11 is 0. The van der Waals surface area contributed by atoms with Crippen LogP contribution in [0.5, 0.6) is 5.75 Å². The highest BCUT2D eigenvalue weighted by Gasteiger charge is 2.32. The van der Waals surface area contributed by atoms with Crippen molar-refractivity contribution in [1.29, 1.82) is 0 Å². The van der Waals surface area contributed by atoms with Crippen LogP contribution in [0.25, 0.3) is 44.5 Å². The normalized spacial score (nSPS) is 14.6. The summed E-state index contributed by atoms with van der Waals surface area (Å²) in [4.78, 5) is 33.2. The molecule has 0 spiro atoms. The van der Waals surface area contributed by atoms with Crippen LogP contribution in [0.2, 0.25) is 0 Å². The summed E-state index contributed by atoms with van der Waals surface area (Å²) < 4.78 is 60.5. The number of anilines is 1. The highest BCUT2D eigenvalue weighted by molar-refractivity contribution is 7.92. The summed E-state index contributed by atoms with van der Waals surface area (Å²) in [6.45, 7) is 1.53. The quantitative estimate of drug-likeness (QED) is 0.309. The number of aromatic nitrogens is 2. The predicted molar refractivity (Wildman–Crippen MR) is 164 cm³/mol. The zero-order valence-corrected chi connectivity index (χ0v) is 25.4. The Kier molecular flexibility index (Phi) is 6.78. The summed E-state index contributed by atoms with van der Waals surface area (Å²) in [5.41, 5.74) is 2.81. The lowest BCUT2D eigenvalue weighted by Gasteiger charge is -2.26. The van der Waals surface area contributed by atoms with Crippen LogP contribution in [0.4, 0.5) is 10.1 Å². The minimum atomic E-state index is -3.78. The van der Waals surface area contributed by atoms with E-state index in [9.17, 15) is 22.4 Å². The first kappa shape index (κ1) is 28.8. The average Bonchev–Trinajstić information content (AvgIpc) is 3.62. The number of fused-ring (bicyclic) bond motifs is 6. The molecular weight excluding hydrogens is 605 g/mol. The zero-order valence-electron chi connectivity index (χ0n) is 24.6. The molecule has 0 aliphatic carbocycles. The third kappa shape index (κ3) is 4.68. The van der Waals surface area contributed by atoms with Crippen LogP contribution in [0.3, 0.4) is 0 Å². The number of sulfonamides is 1. The van der Waals surface area contributed by atoms with E-state index < -0.39 is 21.8 Å². The van der Waals surface area contributed by atoms with E-state index in [4.69, 9.17) is 18.9 Å². The molecular formula is C31H28FN5O7S. The molecule has 0 bridgehead atoms. The van der Waals surface area contributed by atoms with Gasteiger partial charge >= 0.3 is 0 Å². The van der Waals surface area contributed by atoms with Crippen LogP contribution in [0, 0.1) is 5.82 Å². The molecule has 12 nitrogen and oxygen atoms in total. The van der Waals surface area contributed by atoms with Gasteiger partial charge in [0.15, 0.2) is 6.73 Å². The average molecular weight is 634 g/mol. The van der Waals surface area contributed by atoms with Crippen molar-refractivity contribution < 1.29 is 36.3 Å². The Morgan fingerprint density at radius 3 is 2.58 bits per heavy atom. The first-order valence-corrected chi connectivity index (χ1v) is 16.0. The molecule has 7 rings (SSSR count). The molecule has 3 aromatic heterocycles. The predicted octanol–water partition coefficient (Wildman–Crippen LogP) is 3.83. The molecule has 45 heavy (non-hydrogen) atoms. The van der Waals surface area contributed by atoms with Crippen LogP contribution in [0.15, 0.2) is 52.9 Å². The summed E-state index contributed by atoms with van der Waals surface area (Å²) in [5, 5.41) is 3.30. The smallest absolute Gasteiger partial charge is 0.290 e. The van der Waals surface area contributed by atoms with Crippen LogP contribution in [0.1, 0.15) is 20.9 Å². The Balaban J connectivity index is 1.46. The number of hydrogen-bond donors (Lipinski definition) is 1. The van der Waals surface area contributed by atoms with Gasteiger partial charge in [0, 0.05) is 49.6 Å². The molecule has 14 heteroatoms. The molecule has 232 valence electrons. The topological polar surface area (TPSA) is 136 Å². The standard InChI is InChI=1S/C31H28FN5O7S/c1-33-30(38)27-19-13-18(21-7-8-25-28(34-21)24-14-17-20(32)5-4-6-22(17)37(24)16-43-25)23(35(2)45(3,40)41)15-26(19)44-29(27)31(39)36-9-11-42-12-10-36/h4-8,13-15H,9-12,16H2,1-3H3,(H,33,38). The zero-order chi connectivity index (χ0) is 31.6. The molecule has 0 saturated carbocycles. The van der Waals surface area contributed by atoms with Gasteiger partial charge in [-0.25, -0.2) is 17.8 Å². The second kappa shape index (κ2) is 10.6. The van der Waals surface area contributed by atoms with E-state index in [1.165, 1.54) is 26.2 Å². The fraction of sp³-hybridized carbons (Fsp3) is 0.258. The number of amides is 2. The minimum Gasteiger partial charge on any atom is -0.470 e. The van der Waals surface area contributed by atoms with E-state index in [0.717, 1.165) is 10.6 Å². The van der Waals surface area contributed by atoms with E-state index in [1.807, 2.05) is 4.57 Å². The van der Waals surface area contributed by atoms with Crippen LogP contribution >= 0.6 is 0 Å². The molecule has 0 radical (unpaired) electrons. The Labute approximate surface area is 257 Å². The molecule has 1 N–H and O–H groups in total. The number of carbonyl (C=O) groups is 2. The molecule has 1 saturated heterocycles. The Hall–Kier alpha value is -4.95. The molecule has 2 aliphatic rings. The Bertz CT molecular complexity index is 2150. The number of furan rings is 1. The number of morpholine rings is 1. The summed E-state index contributed by atoms with van der Waals surface area (Å²) in [6, 6.07) is 13.0. The lowest BCUT2D eigenvalue weighted by Crippen LogP contribution is -2.41. The number of hydrogen-bond acceptors (Lipinski definition) is 8. The van der Waals surface area contributed by atoms with Crippen molar-refractivity contribution in [2.24, 2.45) is 0 Å². The van der Waals surface area contributed by atoms with Gasteiger partial charge in [0.2, 0.25) is 15.8 Å². The molecule has 5 heterocycles. The van der Waals surface area contributed by atoms with E-state index in [1.54, 1.807) is 41.3 Å². The highest BCUT2D eigenvalue weighted by Crippen LogP contribution is 2.42. The van der Waals surface area contributed by atoms with Gasteiger partial charge in [0.1, 0.15) is 22.8 Å². The molecule has 1 fully saturated rings. The van der Waals surface area contributed by atoms with Crippen molar-refractivity contribution in [1.82, 2.24) is 19.8 Å². The second-order valence-corrected chi connectivity index (χ2v) is 12.8. The third-order valence-electron chi connectivity index (χ3n) is 8.21. The SMILES string of the molecule is CNC(=O)c1c(C(=O)N2CCOCC2)oc2cc(N(C)S(C)(=O)=O)c(-c3ccc4c(n3)-c3cc5c(F)cccc5n3CO4)cc12. The van der Waals surface area contributed by atoms with Gasteiger partial charge in [0.05, 0.1) is 47.6 Å². The van der Waals surface area contributed by atoms with Gasteiger partial charge in [0.25, 0.3) is 11.8 Å². The second-order valence-electron chi connectivity index (χ2n) is 10.8. The van der Waals surface area contributed by atoms with Crippen molar-refractivity contribution in [3.63, 3.8) is 0 Å². The molecule has 0 unspecified atom stereocenters. The van der Waals surface area contributed by atoms with Crippen molar-refractivity contribution in [3.8, 4) is 28.4 Å². The number of halogens is 1. The number of ether oxygens (including phenoxy) is 2. The summed E-state index contributed by atoms with van der Waals surface area (Å²) in [6.07, 6.45) is 1.06. The highest BCUT2D eigenvalue weighted by atomic mass is 32.2. The third-order valence-corrected chi connectivity index (χ3v) is 9.40. The maximum absolute atomic E-state index is 14.7. The van der Waals surface area contributed by atoms with Crippen molar-refractivity contribution >= 4 is 49.4 Å². The van der Waals surface area contributed by atoms with Gasteiger partial charge < -0.3 is 28.7 Å². The van der Waals surface area contributed by atoms with Gasteiger partial charge in [-0.3, -0.25) is 13.9 Å². The maximum atomic E-state index is 14.7. The van der Waals surface area contributed by atoms with Crippen molar-refractivity contribution in [2.75, 3.05) is 51.0 Å². The van der Waals surface area contributed by atoms with Gasteiger partial charge in [-0.2, -0.15) is 0 Å². The largest absolute Gasteiger partial charge is 0.470 e. The van der Waals surface area contributed by atoms with Crippen LogP contribution in [-0.4, -0.2) is 81.3 Å². The van der Waals surface area contributed by atoms with Crippen molar-refractivity contribution in [3.05, 3.63) is 65.7 Å². The van der Waals surface area contributed by atoms with Crippen LogP contribution in [-0.2, 0) is 21.5 Å². The monoisotopic (exact) mass is 633 g/mol. The number of pyridine rings is 1. The van der Waals surface area contributed by atoms with Crippen molar-refractivity contribution in [2.45, 2.75) is 6.73 Å². The van der Waals surface area contributed by atoms with E-state index >= 15 is 0 Å². The fourth-order valence-corrected chi connectivity index (χ4v) is 6.31. The molecule has 0 atom stereocenters. The number of nitrogens with zero attached hydrogens (tertiary/aromatic N) is 4. The lowest BCUT2D eigenvalue weighted by molar-refractivity contribution is 0.0283. The van der Waals surface area contributed by atoms with Crippen LogP contribution < -0.4 is 14.4 Å². The molecule has 5 aromatic rings. The van der Waals surface area contributed by atoms with E-state index in [-0.39, 0.29) is 35.1 Å². The first-order chi connectivity index (χ1) is 21.6. The summed E-state index contributed by atoms with van der Waals surface area (Å²) in [7, 11) is -0.934.